The highest BCUT2D eigenvalue weighted by Crippen LogP contribution is 2.41. The van der Waals surface area contributed by atoms with Gasteiger partial charge in [-0.05, 0) is 49.8 Å². The van der Waals surface area contributed by atoms with Gasteiger partial charge < -0.3 is 10.4 Å². The van der Waals surface area contributed by atoms with Crippen molar-refractivity contribution in [3.05, 3.63) is 34.9 Å². The van der Waals surface area contributed by atoms with Gasteiger partial charge >= 0.3 is 5.97 Å². The average molecular weight is 350 g/mol. The van der Waals surface area contributed by atoms with Crippen LogP contribution in [0, 0.1) is 11.8 Å². The summed E-state index contributed by atoms with van der Waals surface area (Å²) in [5, 5.41) is 12.9. The van der Waals surface area contributed by atoms with E-state index >= 15 is 0 Å². The van der Waals surface area contributed by atoms with Crippen molar-refractivity contribution in [2.75, 3.05) is 6.54 Å². The topological polar surface area (TPSA) is 66.4 Å². The fourth-order valence-electron chi connectivity index (χ4n) is 4.28. The molecule has 2 aliphatic carbocycles. The van der Waals surface area contributed by atoms with Gasteiger partial charge in [0.1, 0.15) is 0 Å². The lowest BCUT2D eigenvalue weighted by Gasteiger charge is -2.30. The first-order valence-corrected chi connectivity index (χ1v) is 9.14. The first kappa shape index (κ1) is 17.3. The highest BCUT2D eigenvalue weighted by Gasteiger charge is 2.38. The number of halogens is 1. The molecule has 1 aromatic rings. The van der Waals surface area contributed by atoms with Crippen LogP contribution < -0.4 is 5.32 Å². The highest BCUT2D eigenvalue weighted by atomic mass is 35.5. The molecule has 3 rings (SSSR count). The van der Waals surface area contributed by atoms with Crippen molar-refractivity contribution in [2.24, 2.45) is 11.8 Å². The molecular formula is C19H24ClNO3. The van der Waals surface area contributed by atoms with Gasteiger partial charge in [0.25, 0.3) is 0 Å². The molecule has 0 aliphatic heterocycles. The van der Waals surface area contributed by atoms with Crippen LogP contribution in [-0.4, -0.2) is 23.5 Å². The largest absolute Gasteiger partial charge is 0.481 e. The van der Waals surface area contributed by atoms with E-state index < -0.39 is 5.97 Å². The molecule has 0 spiro atoms. The zero-order chi connectivity index (χ0) is 17.2. The SMILES string of the molecule is O=C(O)[C@@H]1CC[C@H](C(=O)NCC2(c3cccc(Cl)c3)CCCC2)C1. The molecule has 0 unspecified atom stereocenters. The number of nitrogens with one attached hydrogen (secondary N) is 1. The van der Waals surface area contributed by atoms with Crippen LogP contribution in [0.5, 0.6) is 0 Å². The van der Waals surface area contributed by atoms with E-state index in [1.807, 2.05) is 18.2 Å². The molecule has 0 heterocycles. The lowest BCUT2D eigenvalue weighted by atomic mass is 9.78. The Bertz CT molecular complexity index is 625. The van der Waals surface area contributed by atoms with Gasteiger partial charge in [-0.15, -0.1) is 0 Å². The van der Waals surface area contributed by atoms with E-state index in [1.54, 1.807) is 0 Å². The molecule has 24 heavy (non-hydrogen) atoms. The van der Waals surface area contributed by atoms with Crippen molar-refractivity contribution in [2.45, 2.75) is 50.4 Å². The van der Waals surface area contributed by atoms with Gasteiger partial charge in [-0.25, -0.2) is 0 Å². The number of rotatable bonds is 5. The molecule has 0 aromatic heterocycles. The van der Waals surface area contributed by atoms with Crippen molar-refractivity contribution in [1.82, 2.24) is 5.32 Å². The minimum Gasteiger partial charge on any atom is -0.481 e. The summed E-state index contributed by atoms with van der Waals surface area (Å²) in [5.74, 6) is -1.30. The van der Waals surface area contributed by atoms with Gasteiger partial charge in [-0.1, -0.05) is 36.6 Å². The number of aliphatic carboxylic acids is 1. The summed E-state index contributed by atoms with van der Waals surface area (Å²) in [5.41, 5.74) is 1.16. The molecule has 0 radical (unpaired) electrons. The summed E-state index contributed by atoms with van der Waals surface area (Å²) >= 11 is 6.15. The predicted molar refractivity (Wildman–Crippen MR) is 93.1 cm³/mol. The second-order valence-corrected chi connectivity index (χ2v) is 7.70. The van der Waals surface area contributed by atoms with Crippen LogP contribution in [-0.2, 0) is 15.0 Å². The summed E-state index contributed by atoms with van der Waals surface area (Å²) < 4.78 is 0. The molecule has 2 atom stereocenters. The van der Waals surface area contributed by atoms with Gasteiger partial charge in [0.05, 0.1) is 5.92 Å². The molecule has 0 saturated heterocycles. The molecule has 1 amide bonds. The Morgan fingerprint density at radius 1 is 1.21 bits per heavy atom. The van der Waals surface area contributed by atoms with E-state index in [0.29, 0.717) is 25.8 Å². The molecule has 2 fully saturated rings. The average Bonchev–Trinajstić information content (AvgIpc) is 3.23. The first-order valence-electron chi connectivity index (χ1n) is 8.77. The summed E-state index contributed by atoms with van der Waals surface area (Å²) in [6.45, 7) is 0.612. The van der Waals surface area contributed by atoms with Crippen LogP contribution >= 0.6 is 11.6 Å². The maximum atomic E-state index is 12.5. The second-order valence-electron chi connectivity index (χ2n) is 7.26. The Balaban J connectivity index is 1.65. The van der Waals surface area contributed by atoms with E-state index in [4.69, 9.17) is 16.7 Å². The second kappa shape index (κ2) is 7.14. The molecule has 130 valence electrons. The van der Waals surface area contributed by atoms with Crippen molar-refractivity contribution >= 4 is 23.5 Å². The van der Waals surface area contributed by atoms with Gasteiger partial charge in [0, 0.05) is 22.9 Å². The Hall–Kier alpha value is -1.55. The third-order valence-electron chi connectivity index (χ3n) is 5.75. The fraction of sp³-hybridized carbons (Fsp3) is 0.579. The summed E-state index contributed by atoms with van der Waals surface area (Å²) in [6.07, 6.45) is 6.16. The Labute approximate surface area is 147 Å². The third kappa shape index (κ3) is 3.59. The number of hydrogen-bond donors (Lipinski definition) is 2. The maximum Gasteiger partial charge on any atom is 0.306 e. The van der Waals surface area contributed by atoms with E-state index in [2.05, 4.69) is 11.4 Å². The zero-order valence-electron chi connectivity index (χ0n) is 13.8. The number of benzene rings is 1. The van der Waals surface area contributed by atoms with Crippen LogP contribution in [0.4, 0.5) is 0 Å². The lowest BCUT2D eigenvalue weighted by molar-refractivity contribution is -0.141. The molecule has 2 aliphatic rings. The van der Waals surface area contributed by atoms with E-state index in [1.165, 1.54) is 5.56 Å². The van der Waals surface area contributed by atoms with E-state index in [9.17, 15) is 9.59 Å². The zero-order valence-corrected chi connectivity index (χ0v) is 14.5. The lowest BCUT2D eigenvalue weighted by Crippen LogP contribution is -2.41. The predicted octanol–water partition coefficient (Wildman–Crippen LogP) is 3.77. The van der Waals surface area contributed by atoms with Crippen LogP contribution in [0.3, 0.4) is 0 Å². The van der Waals surface area contributed by atoms with Gasteiger partial charge in [-0.3, -0.25) is 9.59 Å². The Morgan fingerprint density at radius 2 is 1.92 bits per heavy atom. The normalized spacial score (nSPS) is 25.5. The monoisotopic (exact) mass is 349 g/mol. The molecule has 5 heteroatoms. The van der Waals surface area contributed by atoms with E-state index in [-0.39, 0.29) is 23.2 Å². The number of carbonyl (C=O) groups excluding carboxylic acids is 1. The molecule has 4 nitrogen and oxygen atoms in total. The fourth-order valence-corrected chi connectivity index (χ4v) is 4.47. The van der Waals surface area contributed by atoms with Gasteiger partial charge in [0.15, 0.2) is 0 Å². The van der Waals surface area contributed by atoms with Crippen molar-refractivity contribution < 1.29 is 14.7 Å². The minimum absolute atomic E-state index is 0.00653. The summed E-state index contributed by atoms with van der Waals surface area (Å²) in [4.78, 5) is 23.5. The molecule has 2 saturated carbocycles. The Morgan fingerprint density at radius 3 is 2.54 bits per heavy atom. The number of carbonyl (C=O) groups is 2. The number of carboxylic acids is 1. The van der Waals surface area contributed by atoms with Crippen LogP contribution in [0.2, 0.25) is 5.02 Å². The van der Waals surface area contributed by atoms with Crippen LogP contribution in [0.25, 0.3) is 0 Å². The highest BCUT2D eigenvalue weighted by molar-refractivity contribution is 6.30. The molecule has 0 bridgehead atoms. The minimum atomic E-state index is -0.781. The van der Waals surface area contributed by atoms with Gasteiger partial charge in [-0.2, -0.15) is 0 Å². The third-order valence-corrected chi connectivity index (χ3v) is 5.99. The van der Waals surface area contributed by atoms with Crippen molar-refractivity contribution in [1.29, 1.82) is 0 Å². The molecule has 2 N–H and O–H groups in total. The standard InChI is InChI=1S/C19H24ClNO3/c20-16-5-3-4-15(11-16)19(8-1-2-9-19)12-21-17(22)13-6-7-14(10-13)18(23)24/h3-5,11,13-14H,1-2,6-10,12H2,(H,21,22)(H,23,24)/t13-,14+/m0/s1. The summed E-state index contributed by atoms with van der Waals surface area (Å²) in [7, 11) is 0. The van der Waals surface area contributed by atoms with Crippen LogP contribution in [0.15, 0.2) is 24.3 Å². The maximum absolute atomic E-state index is 12.5. The van der Waals surface area contributed by atoms with Crippen molar-refractivity contribution in [3.63, 3.8) is 0 Å². The smallest absolute Gasteiger partial charge is 0.306 e. The van der Waals surface area contributed by atoms with E-state index in [0.717, 1.165) is 30.7 Å². The molecular weight excluding hydrogens is 326 g/mol. The molecule has 1 aromatic carbocycles. The first-order chi connectivity index (χ1) is 11.5. The van der Waals surface area contributed by atoms with Gasteiger partial charge in [0.2, 0.25) is 5.91 Å². The van der Waals surface area contributed by atoms with Crippen LogP contribution in [0.1, 0.15) is 50.5 Å². The number of carboxylic acid groups (broad SMARTS) is 1. The number of amides is 1. The Kier molecular flexibility index (Phi) is 5.14. The number of hydrogen-bond acceptors (Lipinski definition) is 2. The van der Waals surface area contributed by atoms with Crippen molar-refractivity contribution in [3.8, 4) is 0 Å². The quantitative estimate of drug-likeness (QED) is 0.850. The summed E-state index contributed by atoms with van der Waals surface area (Å²) in [6, 6.07) is 7.94.